The number of hydrogen-bond donors (Lipinski definition) is 1. The quantitative estimate of drug-likeness (QED) is 0.828. The van der Waals surface area contributed by atoms with Crippen LogP contribution in [-0.4, -0.2) is 16.7 Å². The van der Waals surface area contributed by atoms with E-state index in [9.17, 15) is 0 Å². The molecular weight excluding hydrogens is 206 g/mol. The Kier molecular flexibility index (Phi) is 3.36. The third-order valence-electron chi connectivity index (χ3n) is 2.44. The van der Waals surface area contributed by atoms with E-state index in [1.165, 1.54) is 0 Å². The number of hydrogen-bond acceptors (Lipinski definition) is 5. The fourth-order valence-electron chi connectivity index (χ4n) is 1.36. The zero-order chi connectivity index (χ0) is 11.4. The topological polar surface area (TPSA) is 78.1 Å². The first kappa shape index (κ1) is 10.9. The van der Waals surface area contributed by atoms with E-state index in [1.54, 1.807) is 6.26 Å². The Morgan fingerprint density at radius 1 is 1.44 bits per heavy atom. The molecule has 0 aromatic carbocycles. The maximum atomic E-state index is 5.53. The molecule has 16 heavy (non-hydrogen) atoms. The van der Waals surface area contributed by atoms with Crippen molar-refractivity contribution >= 4 is 0 Å². The van der Waals surface area contributed by atoms with E-state index in [0.29, 0.717) is 24.7 Å². The van der Waals surface area contributed by atoms with Gasteiger partial charge in [0.1, 0.15) is 5.76 Å². The van der Waals surface area contributed by atoms with E-state index in [4.69, 9.17) is 14.7 Å². The summed E-state index contributed by atoms with van der Waals surface area (Å²) in [6.45, 7) is 2.50. The maximum absolute atomic E-state index is 5.53. The summed E-state index contributed by atoms with van der Waals surface area (Å²) in [6, 6.07) is 3.80. The number of rotatable bonds is 5. The first-order chi connectivity index (χ1) is 7.79. The standard InChI is InChI=1S/C11H15N3O2/c1-8(7-12)11-13-10(16-14-11)5-4-9-3-2-6-15-9/h2-3,6,8H,4-5,7,12H2,1H3. The van der Waals surface area contributed by atoms with Gasteiger partial charge in [0, 0.05) is 25.3 Å². The van der Waals surface area contributed by atoms with E-state index in [-0.39, 0.29) is 5.92 Å². The molecule has 0 fully saturated rings. The summed E-state index contributed by atoms with van der Waals surface area (Å²) in [5, 5.41) is 3.89. The van der Waals surface area contributed by atoms with E-state index in [2.05, 4.69) is 10.1 Å². The van der Waals surface area contributed by atoms with Gasteiger partial charge in [-0.1, -0.05) is 12.1 Å². The highest BCUT2D eigenvalue weighted by Gasteiger charge is 2.12. The summed E-state index contributed by atoms with van der Waals surface area (Å²) in [4.78, 5) is 4.28. The molecule has 0 bridgehead atoms. The molecule has 0 saturated carbocycles. The minimum atomic E-state index is 0.140. The summed E-state index contributed by atoms with van der Waals surface area (Å²) in [7, 11) is 0. The van der Waals surface area contributed by atoms with Crippen molar-refractivity contribution < 1.29 is 8.94 Å². The number of aryl methyl sites for hydroxylation is 2. The predicted octanol–water partition coefficient (Wildman–Crippen LogP) is 1.51. The molecule has 2 N–H and O–H groups in total. The Morgan fingerprint density at radius 2 is 2.31 bits per heavy atom. The zero-order valence-corrected chi connectivity index (χ0v) is 9.22. The Bertz CT molecular complexity index is 422. The molecule has 0 radical (unpaired) electrons. The second-order valence-corrected chi connectivity index (χ2v) is 3.76. The Balaban J connectivity index is 1.93. The van der Waals surface area contributed by atoms with E-state index < -0.39 is 0 Å². The fraction of sp³-hybridized carbons (Fsp3) is 0.455. The zero-order valence-electron chi connectivity index (χ0n) is 9.22. The molecule has 1 atom stereocenters. The summed E-state index contributed by atoms with van der Waals surface area (Å²) >= 11 is 0. The number of aromatic nitrogens is 2. The molecule has 0 aliphatic heterocycles. The molecular formula is C11H15N3O2. The van der Waals surface area contributed by atoms with Crippen LogP contribution >= 0.6 is 0 Å². The van der Waals surface area contributed by atoms with Gasteiger partial charge in [-0.15, -0.1) is 0 Å². The Hall–Kier alpha value is -1.62. The van der Waals surface area contributed by atoms with Gasteiger partial charge in [0.25, 0.3) is 0 Å². The van der Waals surface area contributed by atoms with Crippen LogP contribution in [0.3, 0.4) is 0 Å². The minimum absolute atomic E-state index is 0.140. The molecule has 2 aromatic rings. The Morgan fingerprint density at radius 3 is 3.00 bits per heavy atom. The molecule has 0 aliphatic rings. The lowest BCUT2D eigenvalue weighted by molar-refractivity contribution is 0.366. The molecule has 2 aromatic heterocycles. The lowest BCUT2D eigenvalue weighted by atomic mass is 10.2. The van der Waals surface area contributed by atoms with E-state index >= 15 is 0 Å². The second kappa shape index (κ2) is 4.94. The van der Waals surface area contributed by atoms with Crippen LogP contribution in [0, 0.1) is 0 Å². The predicted molar refractivity (Wildman–Crippen MR) is 57.9 cm³/mol. The van der Waals surface area contributed by atoms with Crippen molar-refractivity contribution in [2.75, 3.05) is 6.54 Å². The SMILES string of the molecule is CC(CN)c1noc(CCc2ccco2)n1. The summed E-state index contributed by atoms with van der Waals surface area (Å²) in [5.74, 6) is 2.37. The van der Waals surface area contributed by atoms with Crippen molar-refractivity contribution in [2.45, 2.75) is 25.7 Å². The van der Waals surface area contributed by atoms with E-state index in [1.807, 2.05) is 19.1 Å². The molecule has 5 heteroatoms. The number of nitrogens with zero attached hydrogens (tertiary/aromatic N) is 2. The van der Waals surface area contributed by atoms with Gasteiger partial charge in [-0.3, -0.25) is 0 Å². The van der Waals surface area contributed by atoms with Gasteiger partial charge in [-0.2, -0.15) is 4.98 Å². The molecule has 86 valence electrons. The van der Waals surface area contributed by atoms with Crippen LogP contribution in [0.1, 0.15) is 30.3 Å². The van der Waals surface area contributed by atoms with Crippen LogP contribution in [0.5, 0.6) is 0 Å². The molecule has 1 unspecified atom stereocenters. The van der Waals surface area contributed by atoms with Gasteiger partial charge in [-0.25, -0.2) is 0 Å². The van der Waals surface area contributed by atoms with Crippen molar-refractivity contribution in [3.05, 3.63) is 35.9 Å². The molecule has 2 rings (SSSR count). The van der Waals surface area contributed by atoms with Gasteiger partial charge in [0.2, 0.25) is 5.89 Å². The second-order valence-electron chi connectivity index (χ2n) is 3.76. The van der Waals surface area contributed by atoms with Crippen molar-refractivity contribution in [3.8, 4) is 0 Å². The summed E-state index contributed by atoms with van der Waals surface area (Å²) in [5.41, 5.74) is 5.53. The molecule has 5 nitrogen and oxygen atoms in total. The molecule has 0 aliphatic carbocycles. The van der Waals surface area contributed by atoms with Crippen LogP contribution < -0.4 is 5.73 Å². The van der Waals surface area contributed by atoms with Gasteiger partial charge >= 0.3 is 0 Å². The molecule has 0 amide bonds. The monoisotopic (exact) mass is 221 g/mol. The van der Waals surface area contributed by atoms with Crippen LogP contribution in [0.4, 0.5) is 0 Å². The average Bonchev–Trinajstić information content (AvgIpc) is 2.96. The fourth-order valence-corrected chi connectivity index (χ4v) is 1.36. The lowest BCUT2D eigenvalue weighted by Gasteiger charge is -1.98. The van der Waals surface area contributed by atoms with Crippen LogP contribution in [0.25, 0.3) is 0 Å². The molecule has 2 heterocycles. The van der Waals surface area contributed by atoms with Crippen LogP contribution in [-0.2, 0) is 12.8 Å². The Labute approximate surface area is 93.6 Å². The van der Waals surface area contributed by atoms with Crippen molar-refractivity contribution in [3.63, 3.8) is 0 Å². The maximum Gasteiger partial charge on any atom is 0.227 e. The molecule has 0 saturated heterocycles. The number of furan rings is 1. The van der Waals surface area contributed by atoms with E-state index in [0.717, 1.165) is 12.2 Å². The van der Waals surface area contributed by atoms with Gasteiger partial charge < -0.3 is 14.7 Å². The van der Waals surface area contributed by atoms with Gasteiger partial charge in [0.05, 0.1) is 6.26 Å². The van der Waals surface area contributed by atoms with Gasteiger partial charge in [0.15, 0.2) is 5.82 Å². The first-order valence-electron chi connectivity index (χ1n) is 5.34. The van der Waals surface area contributed by atoms with Gasteiger partial charge in [-0.05, 0) is 12.1 Å². The summed E-state index contributed by atoms with van der Waals surface area (Å²) in [6.07, 6.45) is 3.12. The third kappa shape index (κ3) is 2.49. The first-order valence-corrected chi connectivity index (χ1v) is 5.34. The van der Waals surface area contributed by atoms with Crippen LogP contribution in [0.15, 0.2) is 27.3 Å². The minimum Gasteiger partial charge on any atom is -0.469 e. The highest BCUT2D eigenvalue weighted by molar-refractivity contribution is 5.01. The largest absolute Gasteiger partial charge is 0.469 e. The lowest BCUT2D eigenvalue weighted by Crippen LogP contribution is -2.10. The number of nitrogens with two attached hydrogens (primary N) is 1. The van der Waals surface area contributed by atoms with Crippen molar-refractivity contribution in [1.29, 1.82) is 0 Å². The average molecular weight is 221 g/mol. The normalized spacial score (nSPS) is 12.9. The van der Waals surface area contributed by atoms with Crippen LogP contribution in [0.2, 0.25) is 0 Å². The molecule has 0 spiro atoms. The third-order valence-corrected chi connectivity index (χ3v) is 2.44. The van der Waals surface area contributed by atoms with Crippen molar-refractivity contribution in [2.24, 2.45) is 5.73 Å². The smallest absolute Gasteiger partial charge is 0.227 e. The summed E-state index contributed by atoms with van der Waals surface area (Å²) < 4.78 is 10.3. The highest BCUT2D eigenvalue weighted by Crippen LogP contribution is 2.11. The highest BCUT2D eigenvalue weighted by atomic mass is 16.5. The van der Waals surface area contributed by atoms with Crippen molar-refractivity contribution in [1.82, 2.24) is 10.1 Å².